The van der Waals surface area contributed by atoms with Crippen LogP contribution in [0.2, 0.25) is 5.02 Å². The van der Waals surface area contributed by atoms with Gasteiger partial charge in [-0.05, 0) is 68.1 Å². The largest absolute Gasteiger partial charge is 0.324 e. The number of amides is 2. The van der Waals surface area contributed by atoms with E-state index in [4.69, 9.17) is 11.6 Å². The van der Waals surface area contributed by atoms with E-state index in [1.165, 1.54) is 12.1 Å². The lowest BCUT2D eigenvalue weighted by Crippen LogP contribution is -2.45. The smallest absolute Gasteiger partial charge is 0.267 e. The van der Waals surface area contributed by atoms with Crippen LogP contribution in [0.1, 0.15) is 29.5 Å². The summed E-state index contributed by atoms with van der Waals surface area (Å²) in [5.41, 5.74) is 3.04. The van der Waals surface area contributed by atoms with Crippen LogP contribution in [0, 0.1) is 20.8 Å². The normalized spacial score (nSPS) is 17.1. The molecule has 28 heavy (non-hydrogen) atoms. The van der Waals surface area contributed by atoms with Gasteiger partial charge in [0.2, 0.25) is 11.8 Å². The predicted molar refractivity (Wildman–Crippen MR) is 108 cm³/mol. The van der Waals surface area contributed by atoms with E-state index >= 15 is 0 Å². The molecule has 1 fully saturated rings. The Balaban J connectivity index is 1.90. The average Bonchev–Trinajstić information content (AvgIpc) is 3.03. The molecule has 2 aromatic rings. The number of anilines is 1. The number of benzene rings is 2. The van der Waals surface area contributed by atoms with Crippen molar-refractivity contribution in [2.75, 3.05) is 5.32 Å². The van der Waals surface area contributed by atoms with E-state index in [0.29, 0.717) is 15.0 Å². The molecule has 1 unspecified atom stereocenters. The van der Waals surface area contributed by atoms with E-state index in [2.05, 4.69) is 5.32 Å². The highest BCUT2D eigenvalue weighted by atomic mass is 35.5. The van der Waals surface area contributed by atoms with Crippen LogP contribution in [0.4, 0.5) is 5.69 Å². The first kappa shape index (κ1) is 20.4. The number of carbonyl (C=O) groups is 2. The van der Waals surface area contributed by atoms with Crippen molar-refractivity contribution >= 4 is 39.1 Å². The van der Waals surface area contributed by atoms with E-state index < -0.39 is 27.9 Å². The van der Waals surface area contributed by atoms with Crippen molar-refractivity contribution in [3.05, 3.63) is 58.1 Å². The van der Waals surface area contributed by atoms with E-state index in [0.717, 1.165) is 16.7 Å². The molecule has 0 radical (unpaired) electrons. The van der Waals surface area contributed by atoms with Crippen LogP contribution in [0.3, 0.4) is 0 Å². The van der Waals surface area contributed by atoms with E-state index in [9.17, 15) is 18.0 Å². The van der Waals surface area contributed by atoms with Crippen LogP contribution in [-0.4, -0.2) is 30.6 Å². The molecule has 1 aliphatic rings. The quantitative estimate of drug-likeness (QED) is 0.819. The minimum Gasteiger partial charge on any atom is -0.324 e. The molecule has 1 aliphatic heterocycles. The molecular weight excluding hydrogens is 400 g/mol. The Labute approximate surface area is 169 Å². The van der Waals surface area contributed by atoms with Crippen molar-refractivity contribution in [2.24, 2.45) is 0 Å². The number of carbonyl (C=O) groups excluding carboxylic acids is 2. The second-order valence-electron chi connectivity index (χ2n) is 6.95. The highest BCUT2D eigenvalue weighted by Crippen LogP contribution is 2.29. The van der Waals surface area contributed by atoms with E-state index in [1.54, 1.807) is 31.2 Å². The Hall–Kier alpha value is -2.38. The van der Waals surface area contributed by atoms with Crippen molar-refractivity contribution < 1.29 is 18.0 Å². The first-order chi connectivity index (χ1) is 13.1. The second-order valence-corrected chi connectivity index (χ2v) is 9.17. The number of halogens is 1. The third kappa shape index (κ3) is 3.77. The third-order valence-electron chi connectivity index (χ3n) is 4.94. The van der Waals surface area contributed by atoms with E-state index in [1.807, 2.05) is 13.8 Å². The first-order valence-corrected chi connectivity index (χ1v) is 10.6. The van der Waals surface area contributed by atoms with Crippen LogP contribution in [-0.2, 0) is 19.6 Å². The highest BCUT2D eigenvalue weighted by molar-refractivity contribution is 7.89. The second kappa shape index (κ2) is 7.56. The zero-order valence-corrected chi connectivity index (χ0v) is 17.4. The summed E-state index contributed by atoms with van der Waals surface area (Å²) in [6.45, 7) is 5.50. The SMILES string of the molecule is Cc1ccc(S(=O)(=O)N2C(=O)CCC2C(=O)Nc2ccc(C)c(Cl)c2)cc1C. The van der Waals surface area contributed by atoms with Gasteiger partial charge in [0.1, 0.15) is 6.04 Å². The zero-order valence-electron chi connectivity index (χ0n) is 15.8. The summed E-state index contributed by atoms with van der Waals surface area (Å²) < 4.78 is 26.9. The fraction of sp³-hybridized carbons (Fsp3) is 0.300. The van der Waals surface area contributed by atoms with Gasteiger partial charge < -0.3 is 5.32 Å². The maximum Gasteiger partial charge on any atom is 0.267 e. The predicted octanol–water partition coefficient (Wildman–Crippen LogP) is 3.58. The first-order valence-electron chi connectivity index (χ1n) is 8.83. The van der Waals surface area contributed by atoms with Gasteiger partial charge in [0, 0.05) is 17.1 Å². The zero-order chi connectivity index (χ0) is 20.6. The van der Waals surface area contributed by atoms with Gasteiger partial charge in [-0.15, -0.1) is 0 Å². The molecule has 2 aromatic carbocycles. The Morgan fingerprint density at radius 1 is 1.07 bits per heavy atom. The summed E-state index contributed by atoms with van der Waals surface area (Å²) in [4.78, 5) is 25.1. The van der Waals surface area contributed by atoms with Crippen LogP contribution in [0.25, 0.3) is 0 Å². The van der Waals surface area contributed by atoms with Crippen LogP contribution >= 0.6 is 11.6 Å². The Kier molecular flexibility index (Phi) is 5.50. The minimum atomic E-state index is -4.13. The number of sulfonamides is 1. The lowest BCUT2D eigenvalue weighted by atomic mass is 10.1. The molecule has 3 rings (SSSR count). The molecule has 148 valence electrons. The molecule has 0 aliphatic carbocycles. The fourth-order valence-electron chi connectivity index (χ4n) is 3.08. The van der Waals surface area contributed by atoms with Gasteiger partial charge in [-0.2, -0.15) is 0 Å². The molecule has 8 heteroatoms. The lowest BCUT2D eigenvalue weighted by Gasteiger charge is -2.24. The Morgan fingerprint density at radius 2 is 1.75 bits per heavy atom. The Bertz CT molecular complexity index is 1070. The Morgan fingerprint density at radius 3 is 2.39 bits per heavy atom. The number of hydrogen-bond acceptors (Lipinski definition) is 4. The van der Waals surface area contributed by atoms with E-state index in [-0.39, 0.29) is 17.7 Å². The highest BCUT2D eigenvalue weighted by Gasteiger charge is 2.44. The maximum absolute atomic E-state index is 13.1. The maximum atomic E-state index is 13.1. The van der Waals surface area contributed by atoms with Crippen LogP contribution in [0.5, 0.6) is 0 Å². The van der Waals surface area contributed by atoms with Gasteiger partial charge >= 0.3 is 0 Å². The van der Waals surface area contributed by atoms with Gasteiger partial charge in [0.15, 0.2) is 0 Å². The molecule has 0 bridgehead atoms. The topological polar surface area (TPSA) is 83.6 Å². The fourth-order valence-corrected chi connectivity index (χ4v) is 4.95. The third-order valence-corrected chi connectivity index (χ3v) is 7.17. The molecule has 1 heterocycles. The number of nitrogens with one attached hydrogen (secondary N) is 1. The summed E-state index contributed by atoms with van der Waals surface area (Å²) in [7, 11) is -4.13. The van der Waals surface area contributed by atoms with Gasteiger partial charge in [-0.1, -0.05) is 23.7 Å². The monoisotopic (exact) mass is 420 g/mol. The van der Waals surface area contributed by atoms with Crippen molar-refractivity contribution in [3.63, 3.8) is 0 Å². The van der Waals surface area contributed by atoms with Gasteiger partial charge in [-0.3, -0.25) is 9.59 Å². The van der Waals surface area contributed by atoms with Gasteiger partial charge in [0.25, 0.3) is 10.0 Å². The van der Waals surface area contributed by atoms with Crippen molar-refractivity contribution in [1.82, 2.24) is 4.31 Å². The summed E-state index contributed by atoms with van der Waals surface area (Å²) in [5.74, 6) is -1.14. The summed E-state index contributed by atoms with van der Waals surface area (Å²) in [5, 5.41) is 3.15. The number of hydrogen-bond donors (Lipinski definition) is 1. The summed E-state index contributed by atoms with van der Waals surface area (Å²) in [6, 6.07) is 8.58. The molecule has 2 amide bonds. The molecule has 6 nitrogen and oxygen atoms in total. The molecular formula is C20H21ClN2O4S. The number of aryl methyl sites for hydroxylation is 3. The van der Waals surface area contributed by atoms with Gasteiger partial charge in [0.05, 0.1) is 4.90 Å². The standard InChI is InChI=1S/C20H21ClN2O4S/c1-12-5-7-16(10-14(12)3)28(26,27)23-18(8-9-19(23)24)20(25)22-15-6-4-13(2)17(21)11-15/h4-7,10-11,18H,8-9H2,1-3H3,(H,22,25). The van der Waals surface area contributed by atoms with Crippen LogP contribution < -0.4 is 5.32 Å². The van der Waals surface area contributed by atoms with Crippen molar-refractivity contribution in [1.29, 1.82) is 0 Å². The van der Waals surface area contributed by atoms with Crippen molar-refractivity contribution in [2.45, 2.75) is 44.6 Å². The van der Waals surface area contributed by atoms with Crippen molar-refractivity contribution in [3.8, 4) is 0 Å². The molecule has 1 atom stereocenters. The summed E-state index contributed by atoms with van der Waals surface area (Å²) in [6.07, 6.45) is 0.130. The molecule has 0 spiro atoms. The van der Waals surface area contributed by atoms with Crippen LogP contribution in [0.15, 0.2) is 41.3 Å². The number of rotatable bonds is 4. The average molecular weight is 421 g/mol. The molecule has 0 aromatic heterocycles. The minimum absolute atomic E-state index is 0.00188. The molecule has 1 saturated heterocycles. The molecule has 1 N–H and O–H groups in total. The summed E-state index contributed by atoms with van der Waals surface area (Å²) >= 11 is 6.08. The molecule has 0 saturated carbocycles. The van der Waals surface area contributed by atoms with Gasteiger partial charge in [-0.25, -0.2) is 12.7 Å². The lowest BCUT2D eigenvalue weighted by molar-refractivity contribution is -0.128. The number of nitrogens with zero attached hydrogens (tertiary/aromatic N) is 1.